The Morgan fingerprint density at radius 3 is 2.63 bits per heavy atom. The summed E-state index contributed by atoms with van der Waals surface area (Å²) in [6.07, 6.45) is 0.888. The maximum Gasteiger partial charge on any atom is 0.145 e. The summed E-state index contributed by atoms with van der Waals surface area (Å²) < 4.78 is 5.86. The van der Waals surface area contributed by atoms with E-state index in [9.17, 15) is 5.26 Å². The molecule has 0 unspecified atom stereocenters. The molecule has 0 aliphatic heterocycles. The largest absolute Gasteiger partial charge is 0.456 e. The highest BCUT2D eigenvalue weighted by Gasteiger charge is 2.08. The molecule has 0 saturated heterocycles. The smallest absolute Gasteiger partial charge is 0.145 e. The highest BCUT2D eigenvalue weighted by molar-refractivity contribution is 5.48. The quantitative estimate of drug-likeness (QED) is 0.907. The number of hydrogen-bond donors (Lipinski definition) is 1. The SMILES string of the molecule is CCc1ccccc1Oc1ccc(CN)cc1C#N. The summed E-state index contributed by atoms with van der Waals surface area (Å²) in [6.45, 7) is 2.49. The van der Waals surface area contributed by atoms with Crippen LogP contribution in [-0.2, 0) is 13.0 Å². The van der Waals surface area contributed by atoms with Crippen LogP contribution < -0.4 is 10.5 Å². The van der Waals surface area contributed by atoms with E-state index in [4.69, 9.17) is 10.5 Å². The van der Waals surface area contributed by atoms with Crippen LogP contribution in [0.25, 0.3) is 0 Å². The molecule has 0 fully saturated rings. The van der Waals surface area contributed by atoms with Crippen molar-refractivity contribution in [3.8, 4) is 17.6 Å². The van der Waals surface area contributed by atoms with Gasteiger partial charge in [-0.25, -0.2) is 0 Å². The number of nitrogens with two attached hydrogens (primary N) is 1. The summed E-state index contributed by atoms with van der Waals surface area (Å²) in [5.41, 5.74) is 8.12. The molecule has 0 radical (unpaired) electrons. The van der Waals surface area contributed by atoms with Gasteiger partial charge in [0.1, 0.15) is 17.6 Å². The maximum atomic E-state index is 9.17. The van der Waals surface area contributed by atoms with E-state index in [-0.39, 0.29) is 0 Å². The lowest BCUT2D eigenvalue weighted by Crippen LogP contribution is -1.98. The zero-order chi connectivity index (χ0) is 13.7. The van der Waals surface area contributed by atoms with Gasteiger partial charge in [0.2, 0.25) is 0 Å². The molecular weight excluding hydrogens is 236 g/mol. The van der Waals surface area contributed by atoms with E-state index in [1.807, 2.05) is 30.3 Å². The standard InChI is InChI=1S/C16H16N2O/c1-2-13-5-3-4-6-15(13)19-16-8-7-12(10-17)9-14(16)11-18/h3-9H,2,10,17H2,1H3. The summed E-state index contributed by atoms with van der Waals surface area (Å²) in [6, 6.07) is 15.4. The molecule has 0 aliphatic rings. The van der Waals surface area contributed by atoms with Gasteiger partial charge < -0.3 is 10.5 Å². The van der Waals surface area contributed by atoms with E-state index in [0.717, 1.165) is 23.3 Å². The van der Waals surface area contributed by atoms with E-state index in [1.54, 1.807) is 12.1 Å². The van der Waals surface area contributed by atoms with Gasteiger partial charge in [-0.05, 0) is 35.7 Å². The normalized spacial score (nSPS) is 9.95. The van der Waals surface area contributed by atoms with Crippen LogP contribution in [0, 0.1) is 11.3 Å². The molecule has 0 aliphatic carbocycles. The number of ether oxygens (including phenoxy) is 1. The molecule has 19 heavy (non-hydrogen) atoms. The first-order valence-corrected chi connectivity index (χ1v) is 6.27. The zero-order valence-electron chi connectivity index (χ0n) is 10.9. The molecule has 0 spiro atoms. The van der Waals surface area contributed by atoms with Crippen molar-refractivity contribution < 1.29 is 4.74 Å². The predicted octanol–water partition coefficient (Wildman–Crippen LogP) is 3.37. The first-order valence-electron chi connectivity index (χ1n) is 6.27. The summed E-state index contributed by atoms with van der Waals surface area (Å²) >= 11 is 0. The number of nitrogens with zero attached hydrogens (tertiary/aromatic N) is 1. The van der Waals surface area contributed by atoms with Crippen molar-refractivity contribution in [1.29, 1.82) is 5.26 Å². The highest BCUT2D eigenvalue weighted by Crippen LogP contribution is 2.28. The van der Waals surface area contributed by atoms with E-state index in [1.165, 1.54) is 0 Å². The van der Waals surface area contributed by atoms with Crippen LogP contribution in [0.1, 0.15) is 23.6 Å². The van der Waals surface area contributed by atoms with Crippen molar-refractivity contribution in [2.24, 2.45) is 5.73 Å². The third-order valence-electron chi connectivity index (χ3n) is 2.97. The van der Waals surface area contributed by atoms with Crippen molar-refractivity contribution in [2.45, 2.75) is 19.9 Å². The van der Waals surface area contributed by atoms with Crippen LogP contribution in [-0.4, -0.2) is 0 Å². The van der Waals surface area contributed by atoms with Gasteiger partial charge >= 0.3 is 0 Å². The van der Waals surface area contributed by atoms with E-state index >= 15 is 0 Å². The van der Waals surface area contributed by atoms with Gasteiger partial charge in [0.15, 0.2) is 0 Å². The highest BCUT2D eigenvalue weighted by atomic mass is 16.5. The number of para-hydroxylation sites is 1. The van der Waals surface area contributed by atoms with E-state index in [2.05, 4.69) is 13.0 Å². The fraction of sp³-hybridized carbons (Fsp3) is 0.188. The summed E-state index contributed by atoms with van der Waals surface area (Å²) in [5, 5.41) is 9.17. The molecular formula is C16H16N2O. The third kappa shape index (κ3) is 2.93. The topological polar surface area (TPSA) is 59.0 Å². The van der Waals surface area contributed by atoms with Crippen molar-refractivity contribution in [1.82, 2.24) is 0 Å². The number of rotatable bonds is 4. The number of hydrogen-bond acceptors (Lipinski definition) is 3. The Morgan fingerprint density at radius 2 is 1.95 bits per heavy atom. The second kappa shape index (κ2) is 6.03. The Morgan fingerprint density at radius 1 is 1.16 bits per heavy atom. The zero-order valence-corrected chi connectivity index (χ0v) is 10.9. The summed E-state index contributed by atoms with van der Waals surface area (Å²) in [5.74, 6) is 1.36. The Labute approximate surface area is 113 Å². The van der Waals surface area contributed by atoms with Gasteiger partial charge in [-0.1, -0.05) is 31.2 Å². The van der Waals surface area contributed by atoms with Crippen molar-refractivity contribution in [3.05, 3.63) is 59.2 Å². The summed E-state index contributed by atoms with van der Waals surface area (Å²) in [4.78, 5) is 0. The van der Waals surface area contributed by atoms with E-state index in [0.29, 0.717) is 17.9 Å². The molecule has 0 bridgehead atoms. The molecule has 0 heterocycles. The summed E-state index contributed by atoms with van der Waals surface area (Å²) in [7, 11) is 0. The van der Waals surface area contributed by atoms with Crippen molar-refractivity contribution in [3.63, 3.8) is 0 Å². The van der Waals surface area contributed by atoms with Gasteiger partial charge in [-0.15, -0.1) is 0 Å². The molecule has 3 heteroatoms. The Hall–Kier alpha value is -2.31. The third-order valence-corrected chi connectivity index (χ3v) is 2.97. The van der Waals surface area contributed by atoms with Crippen LogP contribution in [0.4, 0.5) is 0 Å². The van der Waals surface area contributed by atoms with Gasteiger partial charge in [-0.2, -0.15) is 5.26 Å². The number of nitriles is 1. The van der Waals surface area contributed by atoms with Crippen LogP contribution in [0.3, 0.4) is 0 Å². The number of benzene rings is 2. The molecule has 2 aromatic rings. The van der Waals surface area contributed by atoms with Gasteiger partial charge in [0.25, 0.3) is 0 Å². The first kappa shape index (κ1) is 13.1. The second-order valence-corrected chi connectivity index (χ2v) is 4.21. The average Bonchev–Trinajstić information content (AvgIpc) is 2.48. The molecule has 0 saturated carbocycles. The first-order chi connectivity index (χ1) is 9.28. The van der Waals surface area contributed by atoms with Crippen LogP contribution >= 0.6 is 0 Å². The molecule has 3 nitrogen and oxygen atoms in total. The molecule has 96 valence electrons. The Balaban J connectivity index is 2.36. The van der Waals surface area contributed by atoms with Gasteiger partial charge in [0.05, 0.1) is 5.56 Å². The molecule has 0 atom stereocenters. The fourth-order valence-electron chi connectivity index (χ4n) is 1.89. The minimum absolute atomic E-state index is 0.417. The molecule has 0 aromatic heterocycles. The average molecular weight is 252 g/mol. The van der Waals surface area contributed by atoms with Crippen molar-refractivity contribution in [2.75, 3.05) is 0 Å². The van der Waals surface area contributed by atoms with Crippen LogP contribution in [0.2, 0.25) is 0 Å². The lowest BCUT2D eigenvalue weighted by molar-refractivity contribution is 0.475. The van der Waals surface area contributed by atoms with Crippen LogP contribution in [0.15, 0.2) is 42.5 Å². The Bertz CT molecular complexity index is 614. The van der Waals surface area contributed by atoms with Gasteiger partial charge in [-0.3, -0.25) is 0 Å². The molecule has 0 amide bonds. The molecule has 2 N–H and O–H groups in total. The van der Waals surface area contributed by atoms with Gasteiger partial charge in [0, 0.05) is 6.54 Å². The van der Waals surface area contributed by atoms with Crippen LogP contribution in [0.5, 0.6) is 11.5 Å². The van der Waals surface area contributed by atoms with Crippen molar-refractivity contribution >= 4 is 0 Å². The van der Waals surface area contributed by atoms with E-state index < -0.39 is 0 Å². The molecule has 2 rings (SSSR count). The fourth-order valence-corrected chi connectivity index (χ4v) is 1.89. The number of aryl methyl sites for hydroxylation is 1. The second-order valence-electron chi connectivity index (χ2n) is 4.21. The maximum absolute atomic E-state index is 9.17. The lowest BCUT2D eigenvalue weighted by atomic mass is 10.1. The monoisotopic (exact) mass is 252 g/mol. The predicted molar refractivity (Wildman–Crippen MR) is 74.9 cm³/mol. The lowest BCUT2D eigenvalue weighted by Gasteiger charge is -2.11. The minimum atomic E-state index is 0.417. The Kier molecular flexibility index (Phi) is 4.17. The molecule has 2 aromatic carbocycles. The minimum Gasteiger partial charge on any atom is -0.456 e.